The molecule has 7 rings (SSSR count). The molecule has 130 valence electrons. The van der Waals surface area contributed by atoms with Crippen LogP contribution < -0.4 is 20.5 Å². The van der Waals surface area contributed by atoms with Crippen LogP contribution in [0.4, 0.5) is 11.4 Å². The number of benzene rings is 4. The monoisotopic (exact) mass is 357 g/mol. The lowest BCUT2D eigenvalue weighted by atomic mass is 9.42. The third-order valence-corrected chi connectivity index (χ3v) is 6.31. The molecule has 0 fully saturated rings. The molecule has 0 N–H and O–H groups in total. The Balaban J connectivity index is 1.69. The van der Waals surface area contributed by atoms with Crippen molar-refractivity contribution < 1.29 is 4.74 Å². The van der Waals surface area contributed by atoms with Crippen LogP contribution in [-0.4, -0.2) is 6.85 Å². The molecule has 0 spiro atoms. The van der Waals surface area contributed by atoms with E-state index in [0.717, 1.165) is 11.5 Å². The van der Waals surface area contributed by atoms with Crippen LogP contribution >= 0.6 is 0 Å². The molecular weight excluding hydrogens is 341 g/mol. The molecule has 0 bridgehead atoms. The zero-order valence-electron chi connectivity index (χ0n) is 15.4. The standard InChI is InChI=1S/C25H16BNO/c1-15-12-13-21-19(14-15)18-8-5-11-23-25(18)26-24-17(7-4-10-22(24)28-23)16-6-2-3-9-20(16)27(21)26/h2-14H,1H3. The van der Waals surface area contributed by atoms with Crippen LogP contribution in [-0.2, 0) is 0 Å². The average Bonchev–Trinajstić information content (AvgIpc) is 2.74. The highest BCUT2D eigenvalue weighted by Gasteiger charge is 2.47. The fourth-order valence-electron chi connectivity index (χ4n) is 5.22. The molecule has 0 atom stereocenters. The molecule has 4 aromatic carbocycles. The van der Waals surface area contributed by atoms with E-state index < -0.39 is 0 Å². The van der Waals surface area contributed by atoms with E-state index >= 15 is 0 Å². The van der Waals surface area contributed by atoms with E-state index in [2.05, 4.69) is 90.6 Å². The number of fused-ring (bicyclic) bond motifs is 6. The summed E-state index contributed by atoms with van der Waals surface area (Å²) in [5.74, 6) is 1.95. The lowest BCUT2D eigenvalue weighted by Crippen LogP contribution is -2.61. The minimum Gasteiger partial charge on any atom is -0.458 e. The second kappa shape index (κ2) is 4.88. The normalized spacial score (nSPS) is 14.0. The van der Waals surface area contributed by atoms with Crippen molar-refractivity contribution in [3.63, 3.8) is 0 Å². The Labute approximate surface area is 164 Å². The highest BCUT2D eigenvalue weighted by molar-refractivity contribution is 6.94. The second-order valence-electron chi connectivity index (χ2n) is 7.85. The Hall–Kier alpha value is -3.46. The van der Waals surface area contributed by atoms with Crippen molar-refractivity contribution in [3.05, 3.63) is 84.4 Å². The number of hydrogen-bond acceptors (Lipinski definition) is 2. The van der Waals surface area contributed by atoms with Crippen LogP contribution in [0.2, 0.25) is 0 Å². The molecule has 0 radical (unpaired) electrons. The van der Waals surface area contributed by atoms with Gasteiger partial charge in [0.25, 0.3) is 0 Å². The summed E-state index contributed by atoms with van der Waals surface area (Å²) in [7, 11) is 0. The number of aryl methyl sites for hydroxylation is 1. The zero-order valence-corrected chi connectivity index (χ0v) is 15.4. The van der Waals surface area contributed by atoms with Crippen molar-refractivity contribution in [2.45, 2.75) is 6.92 Å². The van der Waals surface area contributed by atoms with Gasteiger partial charge in [-0.25, -0.2) is 0 Å². The van der Waals surface area contributed by atoms with E-state index in [0.29, 0.717) is 0 Å². The lowest BCUT2D eigenvalue weighted by Gasteiger charge is -2.46. The maximum absolute atomic E-state index is 6.42. The third-order valence-electron chi connectivity index (χ3n) is 6.31. The Morgan fingerprint density at radius 3 is 2.07 bits per heavy atom. The van der Waals surface area contributed by atoms with Crippen LogP contribution in [0.1, 0.15) is 5.56 Å². The molecule has 2 nitrogen and oxygen atoms in total. The first-order valence-corrected chi connectivity index (χ1v) is 9.74. The Kier molecular flexibility index (Phi) is 2.54. The van der Waals surface area contributed by atoms with Crippen molar-refractivity contribution in [3.8, 4) is 33.8 Å². The fraction of sp³-hybridized carbons (Fsp3) is 0.0400. The van der Waals surface area contributed by atoms with Crippen LogP contribution in [0.15, 0.2) is 78.9 Å². The molecular formula is C25H16BNO. The molecule has 28 heavy (non-hydrogen) atoms. The molecule has 0 saturated heterocycles. The van der Waals surface area contributed by atoms with Crippen LogP contribution in [0, 0.1) is 6.92 Å². The smallest absolute Gasteiger partial charge is 0.337 e. The number of para-hydroxylation sites is 1. The van der Waals surface area contributed by atoms with Gasteiger partial charge < -0.3 is 9.55 Å². The van der Waals surface area contributed by atoms with Gasteiger partial charge in [-0.15, -0.1) is 0 Å². The summed E-state index contributed by atoms with van der Waals surface area (Å²) in [6.45, 7) is 2.31. The number of nitrogens with zero attached hydrogens (tertiary/aromatic N) is 1. The Bertz CT molecular complexity index is 1330. The summed E-state index contributed by atoms with van der Waals surface area (Å²) < 4.78 is 6.42. The van der Waals surface area contributed by atoms with Crippen molar-refractivity contribution in [2.24, 2.45) is 0 Å². The van der Waals surface area contributed by atoms with Gasteiger partial charge in [0.15, 0.2) is 0 Å². The first-order valence-electron chi connectivity index (χ1n) is 9.74. The van der Waals surface area contributed by atoms with Crippen molar-refractivity contribution in [1.29, 1.82) is 0 Å². The number of ether oxygens (including phenoxy) is 1. The van der Waals surface area contributed by atoms with Gasteiger partial charge in [0.2, 0.25) is 0 Å². The van der Waals surface area contributed by atoms with Crippen molar-refractivity contribution in [2.75, 3.05) is 4.81 Å². The molecule has 3 heterocycles. The fourth-order valence-corrected chi connectivity index (χ4v) is 5.22. The Morgan fingerprint density at radius 2 is 1.29 bits per heavy atom. The highest BCUT2D eigenvalue weighted by atomic mass is 16.5. The largest absolute Gasteiger partial charge is 0.458 e. The predicted molar refractivity (Wildman–Crippen MR) is 116 cm³/mol. The first-order chi connectivity index (χ1) is 13.8. The summed E-state index contributed by atoms with van der Waals surface area (Å²) in [6.07, 6.45) is 0. The molecule has 0 unspecified atom stereocenters. The van der Waals surface area contributed by atoms with Gasteiger partial charge in [0.05, 0.1) is 0 Å². The van der Waals surface area contributed by atoms with E-state index in [1.54, 1.807) is 0 Å². The maximum Gasteiger partial charge on any atom is 0.337 e. The van der Waals surface area contributed by atoms with E-state index in [1.807, 2.05) is 0 Å². The van der Waals surface area contributed by atoms with Gasteiger partial charge in [-0.05, 0) is 48.4 Å². The van der Waals surface area contributed by atoms with Gasteiger partial charge in [-0.3, -0.25) is 0 Å². The highest BCUT2D eigenvalue weighted by Crippen LogP contribution is 2.49. The summed E-state index contributed by atoms with van der Waals surface area (Å²) in [6, 6.07) is 28.4. The quantitative estimate of drug-likeness (QED) is 0.411. The zero-order chi connectivity index (χ0) is 18.4. The second-order valence-corrected chi connectivity index (χ2v) is 7.85. The van der Waals surface area contributed by atoms with Gasteiger partial charge in [0.1, 0.15) is 11.5 Å². The Morgan fingerprint density at radius 1 is 0.643 bits per heavy atom. The lowest BCUT2D eigenvalue weighted by molar-refractivity contribution is 0.487. The topological polar surface area (TPSA) is 12.5 Å². The van der Waals surface area contributed by atoms with Gasteiger partial charge in [0, 0.05) is 33.4 Å². The van der Waals surface area contributed by atoms with Gasteiger partial charge in [-0.1, -0.05) is 54.1 Å². The van der Waals surface area contributed by atoms with Crippen molar-refractivity contribution >= 4 is 29.1 Å². The number of anilines is 2. The summed E-state index contributed by atoms with van der Waals surface area (Å²) in [4.78, 5) is 2.52. The molecule has 0 amide bonds. The third kappa shape index (κ3) is 1.61. The SMILES string of the molecule is Cc1ccc2c(c1)-c1cccc3c1B1c4c(cccc4-c4ccccc4N12)O3. The van der Waals surface area contributed by atoms with Gasteiger partial charge in [-0.2, -0.15) is 0 Å². The number of rotatable bonds is 0. The minimum atomic E-state index is 0.149. The summed E-state index contributed by atoms with van der Waals surface area (Å²) in [5.41, 5.74) is 11.5. The van der Waals surface area contributed by atoms with Crippen LogP contribution in [0.5, 0.6) is 11.5 Å². The summed E-state index contributed by atoms with van der Waals surface area (Å²) >= 11 is 0. The molecule has 3 heteroatoms. The van der Waals surface area contributed by atoms with E-state index in [1.165, 1.54) is 50.1 Å². The van der Waals surface area contributed by atoms with E-state index in [9.17, 15) is 0 Å². The molecule has 4 aromatic rings. The average molecular weight is 357 g/mol. The molecule has 0 saturated carbocycles. The molecule has 3 aliphatic rings. The van der Waals surface area contributed by atoms with Crippen LogP contribution in [0.3, 0.4) is 0 Å². The number of hydrogen-bond donors (Lipinski definition) is 0. The summed E-state index contributed by atoms with van der Waals surface area (Å²) in [5, 5.41) is 0. The van der Waals surface area contributed by atoms with Crippen molar-refractivity contribution in [1.82, 2.24) is 0 Å². The maximum atomic E-state index is 6.42. The molecule has 3 aliphatic heterocycles. The minimum absolute atomic E-state index is 0.149. The van der Waals surface area contributed by atoms with Crippen LogP contribution in [0.25, 0.3) is 22.3 Å². The molecule has 0 aromatic heterocycles. The van der Waals surface area contributed by atoms with E-state index in [-0.39, 0.29) is 6.85 Å². The predicted octanol–water partition coefficient (Wildman–Crippen LogP) is 5.01. The van der Waals surface area contributed by atoms with E-state index in [4.69, 9.17) is 4.74 Å². The van der Waals surface area contributed by atoms with Gasteiger partial charge >= 0.3 is 6.85 Å². The molecule has 0 aliphatic carbocycles. The first kappa shape index (κ1) is 14.6.